The molecule has 1 heterocycles. The monoisotopic (exact) mass is 293 g/mol. The van der Waals surface area contributed by atoms with Gasteiger partial charge in [-0.2, -0.15) is 0 Å². The number of fused-ring (bicyclic) bond motifs is 1. The van der Waals surface area contributed by atoms with Crippen molar-refractivity contribution in [3.05, 3.63) is 16.0 Å². The molecule has 0 amide bonds. The number of Topliss-reactive ketones (excluding diaryl/α,β-unsaturated/α-hetero) is 1. The molecule has 2 rings (SSSR count). The molecule has 2 N–H and O–H groups in total. The van der Waals surface area contributed by atoms with Gasteiger partial charge in [0.2, 0.25) is 0 Å². The standard InChI is InChI=1S/C17H27NOS/c1-16(2,3)10-7-8-11-12(9-10)20-15(18)13(11)14(19)17(4,5)6/h10H,7-9,18H2,1-6H3. The highest BCUT2D eigenvalue weighted by atomic mass is 32.1. The SMILES string of the molecule is CC(C)(C)C(=O)c1c(N)sc2c1CCC(C(C)(C)C)C2. The van der Waals surface area contributed by atoms with Crippen molar-refractivity contribution in [2.45, 2.75) is 60.8 Å². The number of thiophene rings is 1. The van der Waals surface area contributed by atoms with E-state index in [-0.39, 0.29) is 11.2 Å². The van der Waals surface area contributed by atoms with Gasteiger partial charge in [0.25, 0.3) is 0 Å². The van der Waals surface area contributed by atoms with E-state index in [9.17, 15) is 4.79 Å². The highest BCUT2D eigenvalue weighted by molar-refractivity contribution is 7.16. The first-order valence-electron chi connectivity index (χ1n) is 7.46. The summed E-state index contributed by atoms with van der Waals surface area (Å²) >= 11 is 1.64. The first kappa shape index (κ1) is 15.6. The highest BCUT2D eigenvalue weighted by Crippen LogP contribution is 2.44. The molecular formula is C17H27NOS. The number of hydrogen-bond acceptors (Lipinski definition) is 3. The van der Waals surface area contributed by atoms with E-state index in [1.165, 1.54) is 10.4 Å². The third-order valence-corrected chi connectivity index (χ3v) is 5.51. The largest absolute Gasteiger partial charge is 0.390 e. The van der Waals surface area contributed by atoms with E-state index in [4.69, 9.17) is 5.73 Å². The molecule has 0 saturated carbocycles. The number of rotatable bonds is 1. The Morgan fingerprint density at radius 2 is 1.80 bits per heavy atom. The summed E-state index contributed by atoms with van der Waals surface area (Å²) in [4.78, 5) is 14.0. The molecule has 1 aliphatic carbocycles. The molecule has 1 atom stereocenters. The van der Waals surface area contributed by atoms with E-state index in [1.807, 2.05) is 20.8 Å². The number of hydrogen-bond donors (Lipinski definition) is 1. The van der Waals surface area contributed by atoms with E-state index in [0.29, 0.717) is 11.3 Å². The first-order valence-corrected chi connectivity index (χ1v) is 8.28. The summed E-state index contributed by atoms with van der Waals surface area (Å²) in [7, 11) is 0. The van der Waals surface area contributed by atoms with Gasteiger partial charge in [-0.25, -0.2) is 0 Å². The fraction of sp³-hybridized carbons (Fsp3) is 0.706. The summed E-state index contributed by atoms with van der Waals surface area (Å²) in [5.41, 5.74) is 8.21. The van der Waals surface area contributed by atoms with Gasteiger partial charge >= 0.3 is 0 Å². The quantitative estimate of drug-likeness (QED) is 0.762. The minimum Gasteiger partial charge on any atom is -0.390 e. The lowest BCUT2D eigenvalue weighted by Gasteiger charge is -2.34. The third kappa shape index (κ3) is 2.78. The van der Waals surface area contributed by atoms with Crippen LogP contribution in [0.4, 0.5) is 5.00 Å². The van der Waals surface area contributed by atoms with Gasteiger partial charge in [0.15, 0.2) is 5.78 Å². The maximum absolute atomic E-state index is 12.6. The Labute approximate surface area is 126 Å². The molecule has 20 heavy (non-hydrogen) atoms. The molecule has 0 spiro atoms. The van der Waals surface area contributed by atoms with Crippen molar-refractivity contribution in [1.29, 1.82) is 0 Å². The zero-order valence-corrected chi connectivity index (χ0v) is 14.4. The van der Waals surface area contributed by atoms with Gasteiger partial charge in [-0.3, -0.25) is 4.79 Å². The molecule has 0 aliphatic heterocycles. The van der Waals surface area contributed by atoms with Crippen LogP contribution in [0.5, 0.6) is 0 Å². The summed E-state index contributed by atoms with van der Waals surface area (Å²) < 4.78 is 0. The number of carbonyl (C=O) groups excluding carboxylic acids is 1. The zero-order valence-electron chi connectivity index (χ0n) is 13.6. The van der Waals surface area contributed by atoms with Crippen LogP contribution >= 0.6 is 11.3 Å². The van der Waals surface area contributed by atoms with Crippen LogP contribution in [0.25, 0.3) is 0 Å². The Morgan fingerprint density at radius 1 is 1.20 bits per heavy atom. The summed E-state index contributed by atoms with van der Waals surface area (Å²) in [5, 5.41) is 0.726. The van der Waals surface area contributed by atoms with Crippen LogP contribution in [-0.4, -0.2) is 5.78 Å². The van der Waals surface area contributed by atoms with Gasteiger partial charge in [0.05, 0.1) is 10.6 Å². The Morgan fingerprint density at radius 3 is 2.30 bits per heavy atom. The third-order valence-electron chi connectivity index (χ3n) is 4.43. The molecule has 1 aliphatic rings. The first-order chi connectivity index (χ1) is 9.01. The van der Waals surface area contributed by atoms with E-state index in [0.717, 1.165) is 29.8 Å². The molecule has 0 radical (unpaired) electrons. The Kier molecular flexibility index (Phi) is 3.79. The smallest absolute Gasteiger partial charge is 0.171 e. The van der Waals surface area contributed by atoms with Crippen molar-refractivity contribution in [1.82, 2.24) is 0 Å². The molecule has 1 unspecified atom stereocenters. The van der Waals surface area contributed by atoms with Crippen molar-refractivity contribution in [2.75, 3.05) is 5.73 Å². The van der Waals surface area contributed by atoms with Crippen molar-refractivity contribution >= 4 is 22.1 Å². The maximum Gasteiger partial charge on any atom is 0.171 e. The van der Waals surface area contributed by atoms with Gasteiger partial charge in [-0.15, -0.1) is 11.3 Å². The summed E-state index contributed by atoms with van der Waals surface area (Å²) in [6.07, 6.45) is 3.24. The van der Waals surface area contributed by atoms with Crippen molar-refractivity contribution in [3.63, 3.8) is 0 Å². The lowest BCUT2D eigenvalue weighted by Crippen LogP contribution is -2.27. The van der Waals surface area contributed by atoms with Gasteiger partial charge in [-0.05, 0) is 36.2 Å². The van der Waals surface area contributed by atoms with Crippen LogP contribution in [0, 0.1) is 16.7 Å². The minimum atomic E-state index is -0.357. The Hall–Kier alpha value is -0.830. The van der Waals surface area contributed by atoms with E-state index in [2.05, 4.69) is 20.8 Å². The predicted molar refractivity (Wildman–Crippen MR) is 87.5 cm³/mol. The van der Waals surface area contributed by atoms with Crippen LogP contribution in [-0.2, 0) is 12.8 Å². The van der Waals surface area contributed by atoms with Gasteiger partial charge in [0.1, 0.15) is 0 Å². The van der Waals surface area contributed by atoms with Crippen LogP contribution in [0.15, 0.2) is 0 Å². The molecule has 0 saturated heterocycles. The number of ketones is 1. The average Bonchev–Trinajstić information content (AvgIpc) is 2.60. The molecule has 2 nitrogen and oxygen atoms in total. The average molecular weight is 293 g/mol. The van der Waals surface area contributed by atoms with Crippen LogP contribution in [0.2, 0.25) is 0 Å². The second kappa shape index (κ2) is 4.87. The van der Waals surface area contributed by atoms with Gasteiger partial charge in [-0.1, -0.05) is 41.5 Å². The number of nitrogen functional groups attached to an aromatic ring is 1. The summed E-state index contributed by atoms with van der Waals surface area (Å²) in [6, 6.07) is 0. The predicted octanol–water partition coefficient (Wildman–Crippen LogP) is 4.71. The van der Waals surface area contributed by atoms with Gasteiger partial charge in [0, 0.05) is 10.3 Å². The van der Waals surface area contributed by atoms with E-state index < -0.39 is 0 Å². The number of anilines is 1. The van der Waals surface area contributed by atoms with E-state index >= 15 is 0 Å². The van der Waals surface area contributed by atoms with Crippen molar-refractivity contribution in [3.8, 4) is 0 Å². The number of carbonyl (C=O) groups is 1. The lowest BCUT2D eigenvalue weighted by molar-refractivity contribution is 0.0858. The molecule has 1 aromatic heterocycles. The van der Waals surface area contributed by atoms with Crippen molar-refractivity contribution < 1.29 is 4.79 Å². The lowest BCUT2D eigenvalue weighted by atomic mass is 9.71. The highest BCUT2D eigenvalue weighted by Gasteiger charge is 2.35. The van der Waals surface area contributed by atoms with Crippen LogP contribution in [0.1, 0.15) is 68.8 Å². The summed E-state index contributed by atoms with van der Waals surface area (Å²) in [5.74, 6) is 0.882. The molecule has 1 aromatic rings. The van der Waals surface area contributed by atoms with Crippen LogP contribution in [0.3, 0.4) is 0 Å². The second-order valence-corrected chi connectivity index (χ2v) is 9.26. The Balaban J connectivity index is 2.38. The maximum atomic E-state index is 12.6. The number of nitrogens with two attached hydrogens (primary N) is 1. The normalized spacial score (nSPS) is 19.8. The molecule has 0 bridgehead atoms. The molecule has 3 heteroatoms. The Bertz CT molecular complexity index is 528. The zero-order chi connectivity index (χ0) is 15.3. The van der Waals surface area contributed by atoms with Gasteiger partial charge < -0.3 is 5.73 Å². The molecule has 0 fully saturated rings. The summed E-state index contributed by atoms with van der Waals surface area (Å²) in [6.45, 7) is 12.8. The minimum absolute atomic E-state index is 0.196. The van der Waals surface area contributed by atoms with Crippen molar-refractivity contribution in [2.24, 2.45) is 16.7 Å². The topological polar surface area (TPSA) is 43.1 Å². The van der Waals surface area contributed by atoms with Crippen LogP contribution < -0.4 is 5.73 Å². The molecule has 0 aromatic carbocycles. The van der Waals surface area contributed by atoms with E-state index in [1.54, 1.807) is 11.3 Å². The molecular weight excluding hydrogens is 266 g/mol. The fourth-order valence-corrected chi connectivity index (χ4v) is 4.17. The molecule has 112 valence electrons. The second-order valence-electron chi connectivity index (χ2n) is 8.13. The fourth-order valence-electron chi connectivity index (χ4n) is 2.97.